The highest BCUT2D eigenvalue weighted by molar-refractivity contribution is 5.71. The van der Waals surface area contributed by atoms with Crippen molar-refractivity contribution in [3.63, 3.8) is 0 Å². The number of nitrogens with one attached hydrogen (secondary N) is 1. The van der Waals surface area contributed by atoms with Gasteiger partial charge >= 0.3 is 5.97 Å². The monoisotopic (exact) mass is 189 g/mol. The lowest BCUT2D eigenvalue weighted by Crippen LogP contribution is -2.22. The summed E-state index contributed by atoms with van der Waals surface area (Å²) in [6.07, 6.45) is 0. The molecule has 0 spiro atoms. The van der Waals surface area contributed by atoms with Crippen LogP contribution in [-0.4, -0.2) is 39.4 Å². The van der Waals surface area contributed by atoms with Crippen molar-refractivity contribution >= 4 is 5.97 Å². The first-order valence-corrected chi connectivity index (χ1v) is 4.54. The summed E-state index contributed by atoms with van der Waals surface area (Å²) >= 11 is 0. The van der Waals surface area contributed by atoms with Crippen molar-refractivity contribution in [3.8, 4) is 0 Å². The molecule has 4 nitrogen and oxygen atoms in total. The second-order valence-electron chi connectivity index (χ2n) is 3.22. The van der Waals surface area contributed by atoms with Gasteiger partial charge in [-0.2, -0.15) is 0 Å². The van der Waals surface area contributed by atoms with Crippen LogP contribution in [0, 0.1) is 5.92 Å². The largest absolute Gasteiger partial charge is 0.462 e. The maximum absolute atomic E-state index is 10.8. The first-order chi connectivity index (χ1) is 6.16. The minimum atomic E-state index is -0.240. The standard InChI is InChI=1S/C9H19NO3/c1-8(2)7-12-4-5-13-9(11)6-10-3/h8,10H,4-7H2,1-3H3. The Morgan fingerprint density at radius 2 is 2.08 bits per heavy atom. The maximum atomic E-state index is 10.8. The predicted molar refractivity (Wildman–Crippen MR) is 50.5 cm³/mol. The Bertz CT molecular complexity index is 137. The molecule has 0 saturated heterocycles. The Kier molecular flexibility index (Phi) is 7.63. The molecule has 13 heavy (non-hydrogen) atoms. The van der Waals surface area contributed by atoms with Crippen LogP contribution in [-0.2, 0) is 14.3 Å². The summed E-state index contributed by atoms with van der Waals surface area (Å²) in [5, 5.41) is 2.71. The Hall–Kier alpha value is -0.610. The Balaban J connectivity index is 3.11. The zero-order chi connectivity index (χ0) is 10.1. The van der Waals surface area contributed by atoms with Gasteiger partial charge in [-0.25, -0.2) is 0 Å². The van der Waals surface area contributed by atoms with Crippen molar-refractivity contribution in [3.05, 3.63) is 0 Å². The molecule has 0 aliphatic rings. The molecule has 0 saturated carbocycles. The predicted octanol–water partition coefficient (Wildman–Crippen LogP) is 0.422. The van der Waals surface area contributed by atoms with Gasteiger partial charge in [0.05, 0.1) is 13.2 Å². The molecule has 0 atom stereocenters. The molecule has 0 bridgehead atoms. The van der Waals surface area contributed by atoms with Crippen LogP contribution in [0.4, 0.5) is 0 Å². The Morgan fingerprint density at radius 1 is 1.38 bits per heavy atom. The van der Waals surface area contributed by atoms with Crippen LogP contribution < -0.4 is 5.32 Å². The van der Waals surface area contributed by atoms with E-state index < -0.39 is 0 Å². The van der Waals surface area contributed by atoms with Gasteiger partial charge in [0.2, 0.25) is 0 Å². The third-order valence-corrected chi connectivity index (χ3v) is 1.26. The molecule has 4 heteroatoms. The van der Waals surface area contributed by atoms with Crippen LogP contribution in [0.15, 0.2) is 0 Å². The van der Waals surface area contributed by atoms with Gasteiger partial charge in [-0.15, -0.1) is 0 Å². The number of carbonyl (C=O) groups excluding carboxylic acids is 1. The van der Waals surface area contributed by atoms with Crippen LogP contribution >= 0.6 is 0 Å². The van der Waals surface area contributed by atoms with Gasteiger partial charge in [0.1, 0.15) is 6.61 Å². The maximum Gasteiger partial charge on any atom is 0.319 e. The molecular weight excluding hydrogens is 170 g/mol. The zero-order valence-electron chi connectivity index (χ0n) is 8.63. The number of carbonyl (C=O) groups is 1. The number of likely N-dealkylation sites (N-methyl/N-ethyl adjacent to an activating group) is 1. The first kappa shape index (κ1) is 12.4. The lowest BCUT2D eigenvalue weighted by Gasteiger charge is -2.07. The van der Waals surface area contributed by atoms with E-state index in [1.54, 1.807) is 7.05 Å². The third kappa shape index (κ3) is 9.30. The molecular formula is C9H19NO3. The fourth-order valence-electron chi connectivity index (χ4n) is 0.729. The number of hydrogen-bond donors (Lipinski definition) is 1. The summed E-state index contributed by atoms with van der Waals surface area (Å²) in [4.78, 5) is 10.8. The number of esters is 1. The Morgan fingerprint density at radius 3 is 2.62 bits per heavy atom. The highest BCUT2D eigenvalue weighted by Crippen LogP contribution is 1.91. The molecule has 0 aliphatic heterocycles. The van der Waals surface area contributed by atoms with E-state index in [4.69, 9.17) is 9.47 Å². The highest BCUT2D eigenvalue weighted by atomic mass is 16.6. The average molecular weight is 189 g/mol. The smallest absolute Gasteiger partial charge is 0.319 e. The van der Waals surface area contributed by atoms with Crippen LogP contribution in [0.5, 0.6) is 0 Å². The quantitative estimate of drug-likeness (QED) is 0.466. The van der Waals surface area contributed by atoms with E-state index in [0.29, 0.717) is 25.7 Å². The SMILES string of the molecule is CNCC(=O)OCCOCC(C)C. The van der Waals surface area contributed by atoms with Gasteiger partial charge in [-0.1, -0.05) is 13.8 Å². The van der Waals surface area contributed by atoms with E-state index >= 15 is 0 Å². The summed E-state index contributed by atoms with van der Waals surface area (Å²) in [5.74, 6) is 0.281. The summed E-state index contributed by atoms with van der Waals surface area (Å²) < 4.78 is 10.1. The van der Waals surface area contributed by atoms with Crippen LogP contribution in [0.2, 0.25) is 0 Å². The molecule has 0 aliphatic carbocycles. The molecule has 0 fully saturated rings. The minimum Gasteiger partial charge on any atom is -0.462 e. The molecule has 0 radical (unpaired) electrons. The van der Waals surface area contributed by atoms with E-state index in [1.165, 1.54) is 0 Å². The molecule has 0 aromatic heterocycles. The van der Waals surface area contributed by atoms with E-state index in [9.17, 15) is 4.79 Å². The molecule has 0 heterocycles. The van der Waals surface area contributed by atoms with Crippen LogP contribution in [0.3, 0.4) is 0 Å². The fourth-order valence-corrected chi connectivity index (χ4v) is 0.729. The summed E-state index contributed by atoms with van der Waals surface area (Å²) in [7, 11) is 1.70. The lowest BCUT2D eigenvalue weighted by atomic mass is 10.2. The Labute approximate surface area is 79.6 Å². The molecule has 0 aromatic rings. The zero-order valence-corrected chi connectivity index (χ0v) is 8.63. The second kappa shape index (κ2) is 8.01. The summed E-state index contributed by atoms with van der Waals surface area (Å²) in [5.41, 5.74) is 0. The van der Waals surface area contributed by atoms with Gasteiger partial charge in [0, 0.05) is 6.61 Å². The fraction of sp³-hybridized carbons (Fsp3) is 0.889. The summed E-state index contributed by atoms with van der Waals surface area (Å²) in [6.45, 7) is 5.94. The van der Waals surface area contributed by atoms with Crippen molar-refractivity contribution in [2.24, 2.45) is 5.92 Å². The number of hydrogen-bond acceptors (Lipinski definition) is 4. The lowest BCUT2D eigenvalue weighted by molar-refractivity contribution is -0.144. The summed E-state index contributed by atoms with van der Waals surface area (Å²) in [6, 6.07) is 0. The van der Waals surface area contributed by atoms with Crippen molar-refractivity contribution in [2.75, 3.05) is 33.4 Å². The second-order valence-corrected chi connectivity index (χ2v) is 3.22. The van der Waals surface area contributed by atoms with Gasteiger partial charge in [0.15, 0.2) is 0 Å². The topological polar surface area (TPSA) is 47.6 Å². The molecule has 0 aromatic carbocycles. The average Bonchev–Trinajstić information content (AvgIpc) is 2.03. The van der Waals surface area contributed by atoms with Gasteiger partial charge in [-0.05, 0) is 13.0 Å². The van der Waals surface area contributed by atoms with Crippen LogP contribution in [0.25, 0.3) is 0 Å². The van der Waals surface area contributed by atoms with Gasteiger partial charge in [-0.3, -0.25) is 4.79 Å². The van der Waals surface area contributed by atoms with E-state index in [1.807, 2.05) is 0 Å². The van der Waals surface area contributed by atoms with Crippen molar-refractivity contribution in [1.82, 2.24) is 5.32 Å². The van der Waals surface area contributed by atoms with Crippen molar-refractivity contribution in [2.45, 2.75) is 13.8 Å². The van der Waals surface area contributed by atoms with Crippen molar-refractivity contribution < 1.29 is 14.3 Å². The molecule has 0 unspecified atom stereocenters. The molecule has 78 valence electrons. The highest BCUT2D eigenvalue weighted by Gasteiger charge is 1.99. The van der Waals surface area contributed by atoms with Gasteiger partial charge in [0.25, 0.3) is 0 Å². The molecule has 0 amide bonds. The minimum absolute atomic E-state index is 0.240. The molecule has 0 rings (SSSR count). The van der Waals surface area contributed by atoms with Gasteiger partial charge < -0.3 is 14.8 Å². The number of ether oxygens (including phenoxy) is 2. The number of rotatable bonds is 7. The first-order valence-electron chi connectivity index (χ1n) is 4.54. The normalized spacial score (nSPS) is 10.5. The van der Waals surface area contributed by atoms with Crippen molar-refractivity contribution in [1.29, 1.82) is 0 Å². The van der Waals surface area contributed by atoms with Crippen LogP contribution in [0.1, 0.15) is 13.8 Å². The molecule has 1 N–H and O–H groups in total. The van der Waals surface area contributed by atoms with E-state index in [-0.39, 0.29) is 12.5 Å². The third-order valence-electron chi connectivity index (χ3n) is 1.26. The van der Waals surface area contributed by atoms with E-state index in [0.717, 1.165) is 0 Å². The van der Waals surface area contributed by atoms with E-state index in [2.05, 4.69) is 19.2 Å².